The Morgan fingerprint density at radius 2 is 2.43 bits per heavy atom. The maximum atomic E-state index is 4.25. The second-order valence-electron chi connectivity index (χ2n) is 4.10. The van der Waals surface area contributed by atoms with Crippen molar-refractivity contribution in [3.63, 3.8) is 0 Å². The molecule has 1 N–H and O–H groups in total. The summed E-state index contributed by atoms with van der Waals surface area (Å²) in [6, 6.07) is 0. The number of nitrogens with one attached hydrogen (secondary N) is 1. The molecule has 1 aliphatic rings. The molecule has 0 bridgehead atoms. The minimum absolute atomic E-state index is 0.798. The summed E-state index contributed by atoms with van der Waals surface area (Å²) >= 11 is 0. The number of imidazole rings is 1. The lowest BCUT2D eigenvalue weighted by Gasteiger charge is -2.26. The predicted octanol–water partition coefficient (Wildman–Crippen LogP) is 1.76. The van der Waals surface area contributed by atoms with E-state index in [1.165, 1.54) is 31.4 Å². The second kappa shape index (κ2) is 4.60. The summed E-state index contributed by atoms with van der Waals surface area (Å²) in [6.07, 6.45) is 9.32. The quantitative estimate of drug-likeness (QED) is 0.722. The molecule has 2 rings (SSSR count). The summed E-state index contributed by atoms with van der Waals surface area (Å²) in [4.78, 5) is 4.25. The highest BCUT2D eigenvalue weighted by Gasteiger charge is 2.22. The van der Waals surface area contributed by atoms with E-state index in [4.69, 9.17) is 0 Å². The van der Waals surface area contributed by atoms with Crippen LogP contribution in [0.25, 0.3) is 0 Å². The van der Waals surface area contributed by atoms with Gasteiger partial charge in [-0.25, -0.2) is 4.98 Å². The summed E-state index contributed by atoms with van der Waals surface area (Å²) in [5, 5.41) is 3.17. The van der Waals surface area contributed by atoms with Crippen LogP contribution in [-0.4, -0.2) is 23.1 Å². The van der Waals surface area contributed by atoms with Crippen LogP contribution in [0.5, 0.6) is 0 Å². The standard InChI is InChI=1S/C11H19N3/c1-12-6-3-7-14-9-13-8-11(14)10-4-2-5-10/h8-10,12H,2-7H2,1H3. The fourth-order valence-corrected chi connectivity index (χ4v) is 1.99. The van der Waals surface area contributed by atoms with Gasteiger partial charge in [0.1, 0.15) is 0 Å². The second-order valence-corrected chi connectivity index (χ2v) is 4.10. The molecule has 0 unspecified atom stereocenters. The number of nitrogens with zero attached hydrogens (tertiary/aromatic N) is 2. The Balaban J connectivity index is 1.91. The van der Waals surface area contributed by atoms with Crippen LogP contribution in [0.3, 0.4) is 0 Å². The topological polar surface area (TPSA) is 29.9 Å². The summed E-state index contributed by atoms with van der Waals surface area (Å²) < 4.78 is 2.32. The van der Waals surface area contributed by atoms with Gasteiger partial charge in [-0.05, 0) is 32.9 Å². The Bertz CT molecular complexity index is 276. The normalized spacial score (nSPS) is 16.9. The Kier molecular flexibility index (Phi) is 3.19. The lowest BCUT2D eigenvalue weighted by Crippen LogP contribution is -2.16. The minimum Gasteiger partial charge on any atom is -0.334 e. The van der Waals surface area contributed by atoms with Crippen LogP contribution in [0.1, 0.15) is 37.3 Å². The molecule has 0 spiro atoms. The van der Waals surface area contributed by atoms with Crippen molar-refractivity contribution < 1.29 is 0 Å². The van der Waals surface area contributed by atoms with Crippen molar-refractivity contribution in [1.29, 1.82) is 0 Å². The summed E-state index contributed by atoms with van der Waals surface area (Å²) in [7, 11) is 2.00. The van der Waals surface area contributed by atoms with E-state index < -0.39 is 0 Å². The van der Waals surface area contributed by atoms with Gasteiger partial charge in [0.25, 0.3) is 0 Å². The van der Waals surface area contributed by atoms with Crippen molar-refractivity contribution in [2.75, 3.05) is 13.6 Å². The third-order valence-corrected chi connectivity index (χ3v) is 3.09. The molecule has 3 nitrogen and oxygen atoms in total. The van der Waals surface area contributed by atoms with Crippen LogP contribution >= 0.6 is 0 Å². The molecule has 0 aliphatic heterocycles. The highest BCUT2D eigenvalue weighted by molar-refractivity contribution is 5.09. The maximum absolute atomic E-state index is 4.25. The van der Waals surface area contributed by atoms with Crippen molar-refractivity contribution in [3.05, 3.63) is 18.2 Å². The van der Waals surface area contributed by atoms with Crippen molar-refractivity contribution in [1.82, 2.24) is 14.9 Å². The van der Waals surface area contributed by atoms with Gasteiger partial charge in [-0.15, -0.1) is 0 Å². The molecule has 1 fully saturated rings. The van der Waals surface area contributed by atoms with E-state index in [-0.39, 0.29) is 0 Å². The first-order valence-corrected chi connectivity index (χ1v) is 5.56. The molecule has 14 heavy (non-hydrogen) atoms. The van der Waals surface area contributed by atoms with Crippen LogP contribution in [0.15, 0.2) is 12.5 Å². The Morgan fingerprint density at radius 3 is 3.07 bits per heavy atom. The number of aryl methyl sites for hydroxylation is 1. The molecule has 0 aromatic carbocycles. The van der Waals surface area contributed by atoms with Gasteiger partial charge in [0.2, 0.25) is 0 Å². The molecule has 0 atom stereocenters. The molecular weight excluding hydrogens is 174 g/mol. The van der Waals surface area contributed by atoms with Gasteiger partial charge in [-0.2, -0.15) is 0 Å². The molecule has 78 valence electrons. The average molecular weight is 193 g/mol. The van der Waals surface area contributed by atoms with E-state index in [2.05, 4.69) is 14.9 Å². The first kappa shape index (κ1) is 9.71. The van der Waals surface area contributed by atoms with Gasteiger partial charge in [-0.3, -0.25) is 0 Å². The zero-order valence-electron chi connectivity index (χ0n) is 8.87. The SMILES string of the molecule is CNCCCn1cncc1C1CCC1. The van der Waals surface area contributed by atoms with Gasteiger partial charge in [0.15, 0.2) is 0 Å². The molecule has 1 aliphatic carbocycles. The van der Waals surface area contributed by atoms with E-state index in [9.17, 15) is 0 Å². The van der Waals surface area contributed by atoms with Crippen molar-refractivity contribution >= 4 is 0 Å². The molecule has 0 saturated heterocycles. The van der Waals surface area contributed by atoms with Gasteiger partial charge in [-0.1, -0.05) is 6.42 Å². The average Bonchev–Trinajstić information content (AvgIpc) is 2.51. The highest BCUT2D eigenvalue weighted by atomic mass is 15.0. The van der Waals surface area contributed by atoms with Crippen molar-refractivity contribution in [2.24, 2.45) is 0 Å². The van der Waals surface area contributed by atoms with E-state index in [1.807, 2.05) is 19.6 Å². The molecule has 1 saturated carbocycles. The third-order valence-electron chi connectivity index (χ3n) is 3.09. The van der Waals surface area contributed by atoms with Crippen molar-refractivity contribution in [3.8, 4) is 0 Å². The largest absolute Gasteiger partial charge is 0.334 e. The molecule has 0 radical (unpaired) electrons. The Labute approximate surface area is 85.5 Å². The van der Waals surface area contributed by atoms with Gasteiger partial charge in [0.05, 0.1) is 6.33 Å². The summed E-state index contributed by atoms with van der Waals surface area (Å²) in [5.74, 6) is 0.798. The maximum Gasteiger partial charge on any atom is 0.0948 e. The first-order chi connectivity index (χ1) is 6.92. The monoisotopic (exact) mass is 193 g/mol. The van der Waals surface area contributed by atoms with Crippen LogP contribution < -0.4 is 5.32 Å². The molecule has 1 aromatic rings. The molecule has 0 amide bonds. The molecular formula is C11H19N3. The van der Waals surface area contributed by atoms with Gasteiger partial charge >= 0.3 is 0 Å². The highest BCUT2D eigenvalue weighted by Crippen LogP contribution is 2.35. The molecule has 1 aromatic heterocycles. The summed E-state index contributed by atoms with van der Waals surface area (Å²) in [5.41, 5.74) is 1.45. The fraction of sp³-hybridized carbons (Fsp3) is 0.727. The fourth-order valence-electron chi connectivity index (χ4n) is 1.99. The van der Waals surface area contributed by atoms with Crippen molar-refractivity contribution in [2.45, 2.75) is 38.1 Å². The zero-order chi connectivity index (χ0) is 9.80. The number of rotatable bonds is 5. The predicted molar refractivity (Wildman–Crippen MR) is 57.4 cm³/mol. The van der Waals surface area contributed by atoms with Crippen LogP contribution in [0.2, 0.25) is 0 Å². The van der Waals surface area contributed by atoms with E-state index >= 15 is 0 Å². The number of hydrogen-bond acceptors (Lipinski definition) is 2. The Hall–Kier alpha value is -0.830. The number of hydrogen-bond donors (Lipinski definition) is 1. The van der Waals surface area contributed by atoms with Crippen LogP contribution in [-0.2, 0) is 6.54 Å². The number of aromatic nitrogens is 2. The van der Waals surface area contributed by atoms with Crippen LogP contribution in [0.4, 0.5) is 0 Å². The minimum atomic E-state index is 0.798. The lowest BCUT2D eigenvalue weighted by molar-refractivity contribution is 0.394. The summed E-state index contributed by atoms with van der Waals surface area (Å²) in [6.45, 7) is 2.19. The van der Waals surface area contributed by atoms with E-state index in [1.54, 1.807) is 0 Å². The Morgan fingerprint density at radius 1 is 1.57 bits per heavy atom. The first-order valence-electron chi connectivity index (χ1n) is 5.56. The third kappa shape index (κ3) is 1.98. The molecule has 3 heteroatoms. The van der Waals surface area contributed by atoms with Gasteiger partial charge in [0, 0.05) is 24.4 Å². The lowest BCUT2D eigenvalue weighted by atomic mass is 9.83. The van der Waals surface area contributed by atoms with Crippen LogP contribution in [0, 0.1) is 0 Å². The van der Waals surface area contributed by atoms with Gasteiger partial charge < -0.3 is 9.88 Å². The van der Waals surface area contributed by atoms with E-state index in [0.29, 0.717) is 0 Å². The van der Waals surface area contributed by atoms with E-state index in [0.717, 1.165) is 19.0 Å². The zero-order valence-corrected chi connectivity index (χ0v) is 8.87. The molecule has 1 heterocycles. The smallest absolute Gasteiger partial charge is 0.0948 e.